The summed E-state index contributed by atoms with van der Waals surface area (Å²) < 4.78 is 11.1. The molecule has 1 fully saturated rings. The topological polar surface area (TPSA) is 33.7 Å². The smallest absolute Gasteiger partial charge is 0.122 e. The summed E-state index contributed by atoms with van der Waals surface area (Å²) in [6.07, 6.45) is 2.06. The number of rotatable bonds is 6. The average molecular weight is 292 g/mol. The lowest BCUT2D eigenvalue weighted by atomic mass is 9.98. The molecule has 1 aliphatic rings. The van der Waals surface area contributed by atoms with Gasteiger partial charge < -0.3 is 14.8 Å². The van der Waals surface area contributed by atoms with E-state index in [4.69, 9.17) is 9.47 Å². The highest BCUT2D eigenvalue weighted by Gasteiger charge is 2.30. The Morgan fingerprint density at radius 3 is 2.90 bits per heavy atom. The lowest BCUT2D eigenvalue weighted by Crippen LogP contribution is -2.55. The number of nitrogens with one attached hydrogen (secondary N) is 1. The lowest BCUT2D eigenvalue weighted by molar-refractivity contribution is -0.00434. The molecular weight excluding hydrogens is 264 g/mol. The van der Waals surface area contributed by atoms with E-state index < -0.39 is 0 Å². The van der Waals surface area contributed by atoms with Crippen molar-refractivity contribution < 1.29 is 9.47 Å². The zero-order valence-electron chi connectivity index (χ0n) is 13.6. The number of ether oxygens (including phenoxy) is 2. The minimum absolute atomic E-state index is 0.424. The van der Waals surface area contributed by atoms with E-state index in [0.717, 1.165) is 31.8 Å². The second-order valence-corrected chi connectivity index (χ2v) is 5.86. The van der Waals surface area contributed by atoms with Crippen molar-refractivity contribution in [3.05, 3.63) is 29.8 Å². The molecule has 0 spiro atoms. The zero-order valence-corrected chi connectivity index (χ0v) is 13.6. The number of hydrogen-bond donors (Lipinski definition) is 1. The van der Waals surface area contributed by atoms with E-state index in [1.807, 2.05) is 19.2 Å². The molecule has 0 amide bonds. The van der Waals surface area contributed by atoms with E-state index in [1.165, 1.54) is 5.56 Å². The molecule has 0 radical (unpaired) electrons. The maximum Gasteiger partial charge on any atom is 0.122 e. The van der Waals surface area contributed by atoms with E-state index in [9.17, 15) is 0 Å². The van der Waals surface area contributed by atoms with E-state index in [1.54, 1.807) is 7.11 Å². The van der Waals surface area contributed by atoms with Crippen LogP contribution >= 0.6 is 0 Å². The van der Waals surface area contributed by atoms with E-state index in [-0.39, 0.29) is 0 Å². The van der Waals surface area contributed by atoms with Gasteiger partial charge in [-0.1, -0.05) is 18.2 Å². The van der Waals surface area contributed by atoms with Crippen molar-refractivity contribution in [2.75, 3.05) is 34.4 Å². The molecule has 0 aromatic heterocycles. The molecule has 1 aromatic rings. The number of hydrogen-bond acceptors (Lipinski definition) is 4. The molecule has 0 saturated carbocycles. The van der Waals surface area contributed by atoms with Gasteiger partial charge in [0, 0.05) is 24.7 Å². The van der Waals surface area contributed by atoms with Crippen LogP contribution in [-0.2, 0) is 11.2 Å². The van der Waals surface area contributed by atoms with Gasteiger partial charge in [-0.05, 0) is 45.5 Å². The molecule has 4 nitrogen and oxygen atoms in total. The first-order valence-corrected chi connectivity index (χ1v) is 7.76. The summed E-state index contributed by atoms with van der Waals surface area (Å²) >= 11 is 0. The van der Waals surface area contributed by atoms with Crippen LogP contribution in [0.1, 0.15) is 18.9 Å². The highest BCUT2D eigenvalue weighted by atomic mass is 16.5. The van der Waals surface area contributed by atoms with E-state index in [2.05, 4.69) is 36.3 Å². The van der Waals surface area contributed by atoms with Gasteiger partial charge >= 0.3 is 0 Å². The van der Waals surface area contributed by atoms with Crippen LogP contribution in [0, 0.1) is 0 Å². The summed E-state index contributed by atoms with van der Waals surface area (Å²) in [5.41, 5.74) is 1.26. The molecule has 1 saturated heterocycles. The molecule has 1 heterocycles. The average Bonchev–Trinajstić information content (AvgIpc) is 2.54. The second-order valence-electron chi connectivity index (χ2n) is 5.86. The molecule has 0 aliphatic carbocycles. The fourth-order valence-electron chi connectivity index (χ4n) is 3.12. The van der Waals surface area contributed by atoms with Crippen LogP contribution in [0.4, 0.5) is 0 Å². The Balaban J connectivity index is 2.03. The predicted octanol–water partition coefficient (Wildman–Crippen LogP) is 1.93. The largest absolute Gasteiger partial charge is 0.496 e. The highest BCUT2D eigenvalue weighted by molar-refractivity contribution is 5.33. The van der Waals surface area contributed by atoms with Crippen molar-refractivity contribution in [2.24, 2.45) is 0 Å². The molecule has 21 heavy (non-hydrogen) atoms. The second kappa shape index (κ2) is 7.78. The molecule has 4 heteroatoms. The normalized spacial score (nSPS) is 24.0. The molecule has 0 bridgehead atoms. The van der Waals surface area contributed by atoms with Gasteiger partial charge in [-0.2, -0.15) is 0 Å². The first-order valence-electron chi connectivity index (χ1n) is 7.76. The van der Waals surface area contributed by atoms with Crippen molar-refractivity contribution in [3.8, 4) is 5.75 Å². The lowest BCUT2D eigenvalue weighted by Gasteiger charge is -2.40. The van der Waals surface area contributed by atoms with Gasteiger partial charge in [-0.3, -0.25) is 4.90 Å². The third-order valence-corrected chi connectivity index (χ3v) is 4.62. The quantitative estimate of drug-likeness (QED) is 0.869. The summed E-state index contributed by atoms with van der Waals surface area (Å²) in [6.45, 7) is 3.93. The molecule has 3 atom stereocenters. The third kappa shape index (κ3) is 3.96. The first-order chi connectivity index (χ1) is 10.2. The van der Waals surface area contributed by atoms with Gasteiger partial charge in [-0.15, -0.1) is 0 Å². The number of benzene rings is 1. The van der Waals surface area contributed by atoms with Crippen molar-refractivity contribution in [1.29, 1.82) is 0 Å². The van der Waals surface area contributed by atoms with Crippen LogP contribution in [0.5, 0.6) is 5.75 Å². The van der Waals surface area contributed by atoms with Gasteiger partial charge in [0.05, 0.1) is 13.7 Å². The molecule has 1 aromatic carbocycles. The van der Waals surface area contributed by atoms with Crippen LogP contribution in [0.25, 0.3) is 0 Å². The first kappa shape index (κ1) is 16.3. The fourth-order valence-corrected chi connectivity index (χ4v) is 3.12. The Labute approximate surface area is 128 Å². The maximum atomic E-state index is 5.67. The van der Waals surface area contributed by atoms with E-state index >= 15 is 0 Å². The van der Waals surface area contributed by atoms with Gasteiger partial charge in [0.15, 0.2) is 0 Å². The predicted molar refractivity (Wildman–Crippen MR) is 86.0 cm³/mol. The third-order valence-electron chi connectivity index (χ3n) is 4.62. The minimum atomic E-state index is 0.424. The Morgan fingerprint density at radius 2 is 2.19 bits per heavy atom. The standard InChI is InChI=1S/C17H28N2O2/c1-13(11-14-7-5-6-8-17(14)20-4)19(3)16-12-21-10-9-15(16)18-2/h5-8,13,15-16,18H,9-12H2,1-4H3. The van der Waals surface area contributed by atoms with Crippen LogP contribution in [0.15, 0.2) is 24.3 Å². The molecule has 1 N–H and O–H groups in total. The number of methoxy groups -OCH3 is 1. The zero-order chi connectivity index (χ0) is 15.2. The Kier molecular flexibility index (Phi) is 6.03. The van der Waals surface area contributed by atoms with Crippen molar-refractivity contribution >= 4 is 0 Å². The van der Waals surface area contributed by atoms with Gasteiger partial charge in [-0.25, -0.2) is 0 Å². The van der Waals surface area contributed by atoms with Crippen molar-refractivity contribution in [1.82, 2.24) is 10.2 Å². The van der Waals surface area contributed by atoms with E-state index in [0.29, 0.717) is 18.1 Å². The Hall–Kier alpha value is -1.10. The SMILES string of the molecule is CNC1CCOCC1N(C)C(C)Cc1ccccc1OC. The van der Waals surface area contributed by atoms with Gasteiger partial charge in [0.25, 0.3) is 0 Å². The maximum absolute atomic E-state index is 5.67. The van der Waals surface area contributed by atoms with Crippen LogP contribution in [0.3, 0.4) is 0 Å². The Bertz CT molecular complexity index is 439. The molecular formula is C17H28N2O2. The van der Waals surface area contributed by atoms with Gasteiger partial charge in [0.1, 0.15) is 5.75 Å². The summed E-state index contributed by atoms with van der Waals surface area (Å²) in [5, 5.41) is 3.43. The summed E-state index contributed by atoms with van der Waals surface area (Å²) in [5.74, 6) is 0.975. The molecule has 3 unspecified atom stereocenters. The van der Waals surface area contributed by atoms with Crippen molar-refractivity contribution in [3.63, 3.8) is 0 Å². The Morgan fingerprint density at radius 1 is 1.43 bits per heavy atom. The summed E-state index contributed by atoms with van der Waals surface area (Å²) in [4.78, 5) is 2.44. The molecule has 2 rings (SSSR count). The molecule has 1 aliphatic heterocycles. The monoisotopic (exact) mass is 292 g/mol. The number of likely N-dealkylation sites (N-methyl/N-ethyl adjacent to an activating group) is 2. The van der Waals surface area contributed by atoms with Crippen LogP contribution in [0.2, 0.25) is 0 Å². The van der Waals surface area contributed by atoms with Crippen LogP contribution in [-0.4, -0.2) is 57.4 Å². The molecule has 118 valence electrons. The fraction of sp³-hybridized carbons (Fsp3) is 0.647. The number of para-hydroxylation sites is 1. The minimum Gasteiger partial charge on any atom is -0.496 e. The highest BCUT2D eigenvalue weighted by Crippen LogP contribution is 2.22. The summed E-state index contributed by atoms with van der Waals surface area (Å²) in [7, 11) is 5.98. The number of nitrogens with zero attached hydrogens (tertiary/aromatic N) is 1. The summed E-state index contributed by atoms with van der Waals surface area (Å²) in [6, 6.07) is 9.63. The van der Waals surface area contributed by atoms with Crippen LogP contribution < -0.4 is 10.1 Å². The van der Waals surface area contributed by atoms with Crippen molar-refractivity contribution in [2.45, 2.75) is 37.9 Å². The van der Waals surface area contributed by atoms with Gasteiger partial charge in [0.2, 0.25) is 0 Å².